The Morgan fingerprint density at radius 3 is 2.32 bits per heavy atom. The van der Waals surface area contributed by atoms with Gasteiger partial charge >= 0.3 is 0 Å². The Morgan fingerprint density at radius 2 is 1.68 bits per heavy atom. The van der Waals surface area contributed by atoms with Crippen molar-refractivity contribution in [3.05, 3.63) is 88.5 Å². The summed E-state index contributed by atoms with van der Waals surface area (Å²) >= 11 is 6.26. The summed E-state index contributed by atoms with van der Waals surface area (Å²) in [7, 11) is -4.16. The molecule has 4 N–H and O–H groups in total. The van der Waals surface area contributed by atoms with E-state index in [1.54, 1.807) is 0 Å². The molecule has 1 heterocycles. The summed E-state index contributed by atoms with van der Waals surface area (Å²) in [5.41, 5.74) is -2.44. The summed E-state index contributed by atoms with van der Waals surface area (Å²) < 4.78 is 68.5. The number of hydrogen-bond donors (Lipinski definition) is 4. The Kier molecular flexibility index (Phi) is 7.90. The van der Waals surface area contributed by atoms with Gasteiger partial charge < -0.3 is 20.6 Å². The number of carbonyl (C=O) groups excluding carboxylic acids is 1. The number of amides is 1. The van der Waals surface area contributed by atoms with E-state index < -0.39 is 73.8 Å². The average molecular weight is 611 g/mol. The van der Waals surface area contributed by atoms with E-state index in [1.165, 1.54) is 24.4 Å². The number of fused-ring (bicyclic) bond motifs is 2. The van der Waals surface area contributed by atoms with E-state index in [0.29, 0.717) is 12.8 Å². The van der Waals surface area contributed by atoms with Gasteiger partial charge in [0, 0.05) is 23.5 Å². The number of nitrogens with one attached hydrogen (secondary N) is 1. The highest BCUT2D eigenvalue weighted by molar-refractivity contribution is 7.92. The molecule has 2 saturated carbocycles. The van der Waals surface area contributed by atoms with Gasteiger partial charge in [0.15, 0.2) is 21.5 Å². The van der Waals surface area contributed by atoms with Gasteiger partial charge in [-0.25, -0.2) is 21.6 Å². The zero-order chi connectivity index (χ0) is 29.7. The molecule has 0 spiro atoms. The number of anilines is 1. The summed E-state index contributed by atoms with van der Waals surface area (Å²) in [6, 6.07) is 8.78. The van der Waals surface area contributed by atoms with Gasteiger partial charge in [-0.2, -0.15) is 0 Å². The molecule has 3 aromatic rings. The summed E-state index contributed by atoms with van der Waals surface area (Å²) in [5.74, 6) is -5.37. The number of nitrogens with zero attached hydrogens (tertiary/aromatic N) is 1. The van der Waals surface area contributed by atoms with E-state index in [1.807, 2.05) is 0 Å². The Bertz CT molecular complexity index is 1590. The Labute approximate surface area is 238 Å². The largest absolute Gasteiger partial charge is 0.387 e. The van der Waals surface area contributed by atoms with Gasteiger partial charge in [-0.3, -0.25) is 9.78 Å². The van der Waals surface area contributed by atoms with Gasteiger partial charge in [-0.1, -0.05) is 11.6 Å². The lowest BCUT2D eigenvalue weighted by atomic mass is 9.69. The van der Waals surface area contributed by atoms with Crippen molar-refractivity contribution in [2.45, 2.75) is 53.6 Å². The van der Waals surface area contributed by atoms with Gasteiger partial charge in [-0.05, 0) is 80.0 Å². The predicted octanol–water partition coefficient (Wildman–Crippen LogP) is 4.19. The fourth-order valence-corrected chi connectivity index (χ4v) is 8.52. The minimum Gasteiger partial charge on any atom is -0.387 e. The van der Waals surface area contributed by atoms with Gasteiger partial charge in [0.05, 0.1) is 20.8 Å². The van der Waals surface area contributed by atoms with Crippen LogP contribution in [0.5, 0.6) is 0 Å². The standard InChI is InChI=1S/C28H26ClF3N2O6S/c29-19-7-3-14(27(37)34-17-6-8-20(30)22(32)13-17)10-23(19)41(39,40)18-11-15-4-5-16(12-18)28(15,38)26(36)25(35)24-21(31)2-1-9-33-24/h1-3,6-10,13,15-16,18,25-26,35-36,38H,4-5,11-12H2,(H,34,37)/t15-,16?,18-,25?,26?,28-/m0/s1. The van der Waals surface area contributed by atoms with E-state index in [-0.39, 0.29) is 34.0 Å². The van der Waals surface area contributed by atoms with Crippen LogP contribution in [0.2, 0.25) is 5.02 Å². The van der Waals surface area contributed by atoms with Crippen molar-refractivity contribution >= 4 is 33.0 Å². The molecule has 2 bridgehead atoms. The topological polar surface area (TPSA) is 137 Å². The van der Waals surface area contributed by atoms with Crippen molar-refractivity contribution in [1.82, 2.24) is 4.98 Å². The molecule has 8 nitrogen and oxygen atoms in total. The lowest BCUT2D eigenvalue weighted by Crippen LogP contribution is -2.57. The van der Waals surface area contributed by atoms with Crippen molar-refractivity contribution in [1.29, 1.82) is 0 Å². The molecule has 1 amide bonds. The van der Waals surface area contributed by atoms with Crippen LogP contribution in [-0.4, -0.2) is 51.6 Å². The number of halogens is 4. The van der Waals surface area contributed by atoms with Crippen LogP contribution in [0.1, 0.15) is 47.8 Å². The SMILES string of the molecule is O=C(Nc1ccc(F)c(F)c1)c1ccc(Cl)c(S(=O)(=O)[C@@H]2CC3CC[C@@H](C2)[C@@]3(O)C(O)C(O)c2ncccc2F)c1. The molecule has 41 heavy (non-hydrogen) atoms. The molecular weight excluding hydrogens is 585 g/mol. The lowest BCUT2D eigenvalue weighted by molar-refractivity contribution is -0.178. The highest BCUT2D eigenvalue weighted by Crippen LogP contribution is 2.55. The van der Waals surface area contributed by atoms with Crippen LogP contribution in [0.4, 0.5) is 18.9 Å². The average Bonchev–Trinajstić information content (AvgIpc) is 3.10. The number of carbonyl (C=O) groups is 1. The fraction of sp³-hybridized carbons (Fsp3) is 0.357. The molecule has 0 saturated heterocycles. The first-order valence-electron chi connectivity index (χ1n) is 12.8. The number of aromatic nitrogens is 1. The number of benzene rings is 2. The highest BCUT2D eigenvalue weighted by Gasteiger charge is 2.60. The monoisotopic (exact) mass is 610 g/mol. The predicted molar refractivity (Wildman–Crippen MR) is 142 cm³/mol. The minimum atomic E-state index is -4.16. The number of aliphatic hydroxyl groups is 3. The van der Waals surface area contributed by atoms with E-state index in [4.69, 9.17) is 11.6 Å². The van der Waals surface area contributed by atoms with Gasteiger partial charge in [0.25, 0.3) is 5.91 Å². The second kappa shape index (κ2) is 11.0. The number of pyridine rings is 1. The highest BCUT2D eigenvalue weighted by atomic mass is 35.5. The molecule has 0 radical (unpaired) electrons. The molecular formula is C28H26ClF3N2O6S. The van der Waals surface area contributed by atoms with E-state index in [9.17, 15) is 41.7 Å². The molecule has 0 aliphatic heterocycles. The smallest absolute Gasteiger partial charge is 0.255 e. The van der Waals surface area contributed by atoms with Crippen molar-refractivity contribution in [3.8, 4) is 0 Å². The maximum atomic E-state index is 14.2. The van der Waals surface area contributed by atoms with Crippen LogP contribution < -0.4 is 5.32 Å². The molecule has 1 aromatic heterocycles. The second-order valence-electron chi connectivity index (χ2n) is 10.5. The van der Waals surface area contributed by atoms with Gasteiger partial charge in [-0.15, -0.1) is 0 Å². The van der Waals surface area contributed by atoms with Gasteiger partial charge in [0.2, 0.25) is 0 Å². The molecule has 3 unspecified atom stereocenters. The maximum absolute atomic E-state index is 14.2. The number of sulfone groups is 1. The zero-order valence-corrected chi connectivity index (χ0v) is 22.9. The van der Waals surface area contributed by atoms with Crippen molar-refractivity contribution < 1.29 is 41.7 Å². The maximum Gasteiger partial charge on any atom is 0.255 e. The first kappa shape index (κ1) is 29.5. The third kappa shape index (κ3) is 5.23. The normalized spacial score (nSPS) is 25.5. The molecule has 218 valence electrons. The van der Waals surface area contributed by atoms with Crippen LogP contribution in [0.15, 0.2) is 59.6 Å². The Balaban J connectivity index is 1.37. The van der Waals surface area contributed by atoms with E-state index in [2.05, 4.69) is 10.3 Å². The fourth-order valence-electron chi connectivity index (χ4n) is 6.12. The van der Waals surface area contributed by atoms with Crippen molar-refractivity contribution in [2.75, 3.05) is 5.32 Å². The number of rotatable bonds is 7. The summed E-state index contributed by atoms with van der Waals surface area (Å²) in [4.78, 5) is 16.2. The molecule has 13 heteroatoms. The zero-order valence-electron chi connectivity index (χ0n) is 21.3. The third-order valence-electron chi connectivity index (χ3n) is 8.22. The Hall–Kier alpha value is -3.03. The van der Waals surface area contributed by atoms with Crippen molar-refractivity contribution in [3.63, 3.8) is 0 Å². The summed E-state index contributed by atoms with van der Waals surface area (Å²) in [6.07, 6.45) is -1.83. The third-order valence-corrected chi connectivity index (χ3v) is 10.9. The summed E-state index contributed by atoms with van der Waals surface area (Å²) in [5, 5.41) is 34.5. The van der Waals surface area contributed by atoms with Crippen LogP contribution >= 0.6 is 11.6 Å². The number of hydrogen-bond acceptors (Lipinski definition) is 7. The van der Waals surface area contributed by atoms with Crippen LogP contribution in [0, 0.1) is 29.3 Å². The summed E-state index contributed by atoms with van der Waals surface area (Å²) in [6.45, 7) is 0. The molecule has 5 rings (SSSR count). The van der Waals surface area contributed by atoms with Crippen LogP contribution in [0.25, 0.3) is 0 Å². The van der Waals surface area contributed by atoms with E-state index in [0.717, 1.165) is 30.3 Å². The van der Waals surface area contributed by atoms with Gasteiger partial charge in [0.1, 0.15) is 23.7 Å². The molecule has 2 aromatic carbocycles. The van der Waals surface area contributed by atoms with Crippen LogP contribution in [0.3, 0.4) is 0 Å². The molecule has 2 fully saturated rings. The van der Waals surface area contributed by atoms with Crippen molar-refractivity contribution in [2.24, 2.45) is 11.8 Å². The first-order valence-corrected chi connectivity index (χ1v) is 14.7. The first-order chi connectivity index (χ1) is 19.3. The molecule has 6 atom stereocenters. The Morgan fingerprint density at radius 1 is 1.00 bits per heavy atom. The molecule has 2 aliphatic carbocycles. The minimum absolute atomic E-state index is 0.0391. The second-order valence-corrected chi connectivity index (χ2v) is 13.1. The number of aliphatic hydroxyl groups excluding tert-OH is 2. The van der Waals surface area contributed by atoms with E-state index >= 15 is 0 Å². The quantitative estimate of drug-likeness (QED) is 0.315. The molecule has 2 aliphatic rings. The lowest BCUT2D eigenvalue weighted by Gasteiger charge is -2.46. The van der Waals surface area contributed by atoms with Crippen LogP contribution in [-0.2, 0) is 9.84 Å².